The maximum atomic E-state index is 12.2. The summed E-state index contributed by atoms with van der Waals surface area (Å²) in [6, 6.07) is -1.09. The van der Waals surface area contributed by atoms with Crippen LogP contribution in [0.2, 0.25) is 0 Å². The minimum atomic E-state index is -1.16. The summed E-state index contributed by atoms with van der Waals surface area (Å²) in [7, 11) is 0. The molecule has 0 aromatic heterocycles. The van der Waals surface area contributed by atoms with Gasteiger partial charge in [-0.3, -0.25) is 9.59 Å². The standard InChI is InChI=1S/C14H19NO5/c16-9(17)4-3-8(14(19)20)15-13(18)12-10-6-1-2-7(5-6)11(10)12/h6-8,10-12H,1-5H2,(H,15,18)(H,16,17)(H,19,20). The molecule has 0 spiro atoms. The zero-order valence-corrected chi connectivity index (χ0v) is 11.1. The number of carboxylic acids is 2. The van der Waals surface area contributed by atoms with E-state index in [-0.39, 0.29) is 24.7 Å². The molecule has 5 atom stereocenters. The summed E-state index contributed by atoms with van der Waals surface area (Å²) in [6.45, 7) is 0. The molecule has 3 saturated carbocycles. The number of hydrogen-bond acceptors (Lipinski definition) is 3. The van der Waals surface area contributed by atoms with E-state index in [1.165, 1.54) is 19.3 Å². The number of amides is 1. The molecule has 0 saturated heterocycles. The largest absolute Gasteiger partial charge is 0.481 e. The van der Waals surface area contributed by atoms with E-state index in [1.807, 2.05) is 0 Å². The first kappa shape index (κ1) is 13.4. The lowest BCUT2D eigenvalue weighted by atomic mass is 10.0. The first-order valence-corrected chi connectivity index (χ1v) is 7.24. The number of fused-ring (bicyclic) bond motifs is 5. The fourth-order valence-corrected chi connectivity index (χ4v) is 4.47. The molecule has 3 rings (SSSR count). The van der Waals surface area contributed by atoms with Gasteiger partial charge in [0.25, 0.3) is 0 Å². The molecule has 110 valence electrons. The molecule has 3 N–H and O–H groups in total. The van der Waals surface area contributed by atoms with Crippen LogP contribution >= 0.6 is 0 Å². The lowest BCUT2D eigenvalue weighted by Crippen LogP contribution is -2.42. The van der Waals surface area contributed by atoms with Gasteiger partial charge in [0.05, 0.1) is 0 Å². The summed E-state index contributed by atoms with van der Waals surface area (Å²) >= 11 is 0. The molecule has 0 aliphatic heterocycles. The van der Waals surface area contributed by atoms with Gasteiger partial charge in [0.15, 0.2) is 0 Å². The normalized spacial score (nSPS) is 38.1. The number of nitrogens with one attached hydrogen (secondary N) is 1. The molecule has 20 heavy (non-hydrogen) atoms. The van der Waals surface area contributed by atoms with Gasteiger partial charge in [0, 0.05) is 12.3 Å². The second kappa shape index (κ2) is 4.75. The average molecular weight is 281 g/mol. The highest BCUT2D eigenvalue weighted by Crippen LogP contribution is 2.69. The van der Waals surface area contributed by atoms with Gasteiger partial charge in [-0.15, -0.1) is 0 Å². The molecule has 0 aromatic rings. The fraction of sp³-hybridized carbons (Fsp3) is 0.786. The average Bonchev–Trinajstić information content (AvgIpc) is 2.82. The molecule has 1 amide bonds. The van der Waals surface area contributed by atoms with Crippen LogP contribution in [-0.4, -0.2) is 34.1 Å². The molecule has 6 heteroatoms. The van der Waals surface area contributed by atoms with Crippen molar-refractivity contribution in [2.75, 3.05) is 0 Å². The molecule has 6 nitrogen and oxygen atoms in total. The Morgan fingerprint density at radius 2 is 1.70 bits per heavy atom. The third-order valence-corrected chi connectivity index (χ3v) is 5.30. The third kappa shape index (κ3) is 2.17. The lowest BCUT2D eigenvalue weighted by Gasteiger charge is -2.15. The van der Waals surface area contributed by atoms with Crippen LogP contribution in [0.3, 0.4) is 0 Å². The minimum Gasteiger partial charge on any atom is -0.481 e. The van der Waals surface area contributed by atoms with Crippen molar-refractivity contribution in [3.8, 4) is 0 Å². The predicted octanol–water partition coefficient (Wildman–Crippen LogP) is 0.713. The molecule has 0 radical (unpaired) electrons. The number of aliphatic carboxylic acids is 2. The van der Waals surface area contributed by atoms with Gasteiger partial charge in [0.2, 0.25) is 5.91 Å². The van der Waals surface area contributed by atoms with Crippen molar-refractivity contribution in [3.63, 3.8) is 0 Å². The van der Waals surface area contributed by atoms with E-state index < -0.39 is 18.0 Å². The fourth-order valence-electron chi connectivity index (χ4n) is 4.47. The van der Waals surface area contributed by atoms with E-state index >= 15 is 0 Å². The first-order valence-electron chi connectivity index (χ1n) is 7.24. The Morgan fingerprint density at radius 1 is 1.10 bits per heavy atom. The monoisotopic (exact) mass is 281 g/mol. The molecular formula is C14H19NO5. The maximum absolute atomic E-state index is 12.2. The molecule has 2 bridgehead atoms. The van der Waals surface area contributed by atoms with Crippen LogP contribution in [0.5, 0.6) is 0 Å². The van der Waals surface area contributed by atoms with Crippen molar-refractivity contribution in [1.29, 1.82) is 0 Å². The maximum Gasteiger partial charge on any atom is 0.326 e. The smallest absolute Gasteiger partial charge is 0.326 e. The van der Waals surface area contributed by atoms with Gasteiger partial charge in [0.1, 0.15) is 6.04 Å². The Hall–Kier alpha value is -1.59. The lowest BCUT2D eigenvalue weighted by molar-refractivity contribution is -0.143. The summed E-state index contributed by atoms with van der Waals surface area (Å²) in [4.78, 5) is 33.8. The second-order valence-corrected chi connectivity index (χ2v) is 6.35. The topological polar surface area (TPSA) is 104 Å². The number of carbonyl (C=O) groups is 3. The quantitative estimate of drug-likeness (QED) is 0.665. The molecule has 0 aromatic carbocycles. The molecule has 3 fully saturated rings. The van der Waals surface area contributed by atoms with Gasteiger partial charge < -0.3 is 15.5 Å². The SMILES string of the molecule is O=C(O)CCC(NC(=O)C1C2C3CCC(C3)C12)C(=O)O. The second-order valence-electron chi connectivity index (χ2n) is 6.35. The molecule has 3 aliphatic carbocycles. The van der Waals surface area contributed by atoms with Crippen LogP contribution in [0.25, 0.3) is 0 Å². The molecule has 0 heterocycles. The van der Waals surface area contributed by atoms with Crippen LogP contribution in [0.1, 0.15) is 32.1 Å². The van der Waals surface area contributed by atoms with E-state index in [4.69, 9.17) is 10.2 Å². The highest BCUT2D eigenvalue weighted by molar-refractivity contribution is 5.87. The zero-order chi connectivity index (χ0) is 14.4. The Kier molecular flexibility index (Phi) is 3.18. The minimum absolute atomic E-state index is 0.0204. The molecular weight excluding hydrogens is 262 g/mol. The van der Waals surface area contributed by atoms with Crippen LogP contribution in [-0.2, 0) is 14.4 Å². The third-order valence-electron chi connectivity index (χ3n) is 5.30. The molecule has 5 unspecified atom stereocenters. The van der Waals surface area contributed by atoms with E-state index in [0.717, 1.165) is 0 Å². The van der Waals surface area contributed by atoms with Gasteiger partial charge in [-0.05, 0) is 49.4 Å². The number of hydrogen-bond donors (Lipinski definition) is 3. The summed E-state index contributed by atoms with van der Waals surface area (Å²) in [6.07, 6.45) is 3.33. The Labute approximate surface area is 116 Å². The molecule has 3 aliphatic rings. The van der Waals surface area contributed by atoms with Crippen LogP contribution in [0, 0.1) is 29.6 Å². The van der Waals surface area contributed by atoms with Crippen molar-refractivity contribution in [2.24, 2.45) is 29.6 Å². The van der Waals surface area contributed by atoms with Crippen molar-refractivity contribution >= 4 is 17.8 Å². The zero-order valence-electron chi connectivity index (χ0n) is 11.1. The summed E-state index contributed by atoms with van der Waals surface area (Å²) in [5, 5.41) is 20.2. The summed E-state index contributed by atoms with van der Waals surface area (Å²) in [5.74, 6) is -0.182. The summed E-state index contributed by atoms with van der Waals surface area (Å²) < 4.78 is 0. The van der Waals surface area contributed by atoms with Crippen molar-refractivity contribution in [1.82, 2.24) is 5.32 Å². The van der Waals surface area contributed by atoms with Crippen LogP contribution in [0.4, 0.5) is 0 Å². The Bertz CT molecular complexity index is 446. The first-order chi connectivity index (χ1) is 9.49. The Balaban J connectivity index is 1.55. The predicted molar refractivity (Wildman–Crippen MR) is 67.7 cm³/mol. The number of carbonyl (C=O) groups excluding carboxylic acids is 1. The van der Waals surface area contributed by atoms with E-state index in [9.17, 15) is 14.4 Å². The van der Waals surface area contributed by atoms with E-state index in [2.05, 4.69) is 5.32 Å². The van der Waals surface area contributed by atoms with Gasteiger partial charge in [-0.25, -0.2) is 4.79 Å². The van der Waals surface area contributed by atoms with Gasteiger partial charge in [-0.2, -0.15) is 0 Å². The highest BCUT2D eigenvalue weighted by atomic mass is 16.4. The van der Waals surface area contributed by atoms with E-state index in [0.29, 0.717) is 23.7 Å². The van der Waals surface area contributed by atoms with Crippen molar-refractivity contribution in [2.45, 2.75) is 38.1 Å². The summed E-state index contributed by atoms with van der Waals surface area (Å²) in [5.41, 5.74) is 0. The number of rotatable bonds is 6. The number of carboxylic acid groups (broad SMARTS) is 2. The van der Waals surface area contributed by atoms with E-state index in [1.54, 1.807) is 0 Å². The van der Waals surface area contributed by atoms with Crippen molar-refractivity contribution in [3.05, 3.63) is 0 Å². The highest BCUT2D eigenvalue weighted by Gasteiger charge is 2.67. The van der Waals surface area contributed by atoms with Gasteiger partial charge in [-0.1, -0.05) is 0 Å². The Morgan fingerprint density at radius 3 is 2.20 bits per heavy atom. The van der Waals surface area contributed by atoms with Crippen LogP contribution in [0.15, 0.2) is 0 Å². The van der Waals surface area contributed by atoms with Gasteiger partial charge >= 0.3 is 11.9 Å². The van der Waals surface area contributed by atoms with Crippen molar-refractivity contribution < 1.29 is 24.6 Å². The van der Waals surface area contributed by atoms with Crippen LogP contribution < -0.4 is 5.32 Å².